The second-order valence-corrected chi connectivity index (χ2v) is 7.37. The van der Waals surface area contributed by atoms with Crippen molar-refractivity contribution in [3.63, 3.8) is 0 Å². The number of carboxylic acids is 1. The molecule has 9 heteroatoms. The van der Waals surface area contributed by atoms with Crippen LogP contribution in [0.3, 0.4) is 0 Å². The molecule has 1 aliphatic heterocycles. The third-order valence-corrected chi connectivity index (χ3v) is 5.29. The van der Waals surface area contributed by atoms with Crippen LogP contribution in [-0.2, 0) is 14.8 Å². The zero-order valence-electron chi connectivity index (χ0n) is 12.4. The van der Waals surface area contributed by atoms with Crippen molar-refractivity contribution < 1.29 is 27.5 Å². The zero-order chi connectivity index (χ0) is 16.5. The number of hydrogen-bond donors (Lipinski definition) is 1. The first-order valence-corrected chi connectivity index (χ1v) is 8.24. The molecule has 1 aromatic rings. The molecule has 1 amide bonds. The van der Waals surface area contributed by atoms with Gasteiger partial charge in [0.25, 0.3) is 15.9 Å². The number of piperidine rings is 1. The summed E-state index contributed by atoms with van der Waals surface area (Å²) in [5, 5.41) is 8.85. The van der Waals surface area contributed by atoms with E-state index in [9.17, 15) is 23.1 Å². The Hall–Kier alpha value is -1.87. The van der Waals surface area contributed by atoms with Crippen molar-refractivity contribution >= 4 is 21.9 Å². The minimum Gasteiger partial charge on any atom is -0.480 e. The van der Waals surface area contributed by atoms with Gasteiger partial charge in [-0.3, -0.25) is 4.79 Å². The topological polar surface area (TPSA) is 108 Å². The van der Waals surface area contributed by atoms with Gasteiger partial charge in [-0.15, -0.1) is 0 Å². The molecular weight excluding hydrogens is 312 g/mol. The van der Waals surface area contributed by atoms with Crippen molar-refractivity contribution in [1.82, 2.24) is 9.21 Å². The average Bonchev–Trinajstić information content (AvgIpc) is 2.96. The monoisotopic (exact) mass is 330 g/mol. The Balaban J connectivity index is 2.27. The summed E-state index contributed by atoms with van der Waals surface area (Å²) in [6, 6.07) is 0.246. The van der Waals surface area contributed by atoms with Gasteiger partial charge in [-0.25, -0.2) is 17.5 Å². The molecule has 8 nitrogen and oxygen atoms in total. The van der Waals surface area contributed by atoms with E-state index >= 15 is 0 Å². The van der Waals surface area contributed by atoms with E-state index in [1.54, 1.807) is 0 Å². The summed E-state index contributed by atoms with van der Waals surface area (Å²) < 4.78 is 29.8. The Bertz CT molecular complexity index is 678. The van der Waals surface area contributed by atoms with Crippen LogP contribution in [0.1, 0.15) is 29.6 Å². The lowest BCUT2D eigenvalue weighted by Gasteiger charge is -2.32. The van der Waals surface area contributed by atoms with Gasteiger partial charge in [0, 0.05) is 26.7 Å². The van der Waals surface area contributed by atoms with E-state index < -0.39 is 27.9 Å². The highest BCUT2D eigenvalue weighted by Gasteiger charge is 2.34. The Morgan fingerprint density at radius 2 is 2.05 bits per heavy atom. The molecule has 2 rings (SSSR count). The summed E-state index contributed by atoms with van der Waals surface area (Å²) in [4.78, 5) is 24.9. The van der Waals surface area contributed by atoms with Gasteiger partial charge < -0.3 is 14.4 Å². The van der Waals surface area contributed by atoms with E-state index in [0.29, 0.717) is 13.0 Å². The lowest BCUT2D eigenvalue weighted by Crippen LogP contribution is -2.47. The number of carbonyl (C=O) groups is 2. The minimum atomic E-state index is -3.77. The highest BCUT2D eigenvalue weighted by molar-refractivity contribution is 7.88. The quantitative estimate of drug-likeness (QED) is 0.866. The second-order valence-electron chi connectivity index (χ2n) is 5.29. The molecule has 1 fully saturated rings. The Kier molecular flexibility index (Phi) is 4.57. The average molecular weight is 330 g/mol. The predicted octanol–water partition coefficient (Wildman–Crippen LogP) is 0.609. The fraction of sp³-hybridized carbons (Fsp3) is 0.538. The van der Waals surface area contributed by atoms with Crippen LogP contribution in [0.2, 0.25) is 0 Å². The lowest BCUT2D eigenvalue weighted by molar-refractivity contribution is -0.143. The summed E-state index contributed by atoms with van der Waals surface area (Å²) in [5.74, 6) is -1.59. The standard InChI is InChI=1S/C13H18N2O6S/c1-14(2)22(19,20)11-7-9(8-21-11)12(16)15-6-4-3-5-10(15)13(17)18/h7-8,10H,3-6H2,1-2H3,(H,17,18)/t10-/m1/s1. The SMILES string of the molecule is CN(C)S(=O)(=O)c1cc(C(=O)N2CCCC[C@@H]2C(=O)O)co1. The number of rotatable bonds is 4. The fourth-order valence-electron chi connectivity index (χ4n) is 2.34. The third kappa shape index (κ3) is 3.00. The van der Waals surface area contributed by atoms with Gasteiger partial charge in [-0.2, -0.15) is 0 Å². The van der Waals surface area contributed by atoms with Gasteiger partial charge >= 0.3 is 5.97 Å². The molecule has 1 atom stereocenters. The van der Waals surface area contributed by atoms with Crippen molar-refractivity contribution in [3.8, 4) is 0 Å². The van der Waals surface area contributed by atoms with Crippen molar-refractivity contribution in [2.45, 2.75) is 30.4 Å². The number of sulfonamides is 1. The molecule has 0 unspecified atom stereocenters. The van der Waals surface area contributed by atoms with Gasteiger partial charge in [0.2, 0.25) is 5.09 Å². The van der Waals surface area contributed by atoms with Crippen LogP contribution in [-0.4, -0.2) is 61.3 Å². The Morgan fingerprint density at radius 1 is 1.36 bits per heavy atom. The second kappa shape index (κ2) is 6.09. The predicted molar refractivity (Wildman–Crippen MR) is 75.9 cm³/mol. The number of hydrogen-bond acceptors (Lipinski definition) is 5. The molecule has 1 aliphatic rings. The van der Waals surface area contributed by atoms with Gasteiger partial charge in [0.1, 0.15) is 12.3 Å². The maximum Gasteiger partial charge on any atom is 0.326 e. The van der Waals surface area contributed by atoms with E-state index in [2.05, 4.69) is 0 Å². The molecule has 0 spiro atoms. The fourth-order valence-corrected chi connectivity index (χ4v) is 3.15. The summed E-state index contributed by atoms with van der Waals surface area (Å²) in [6.07, 6.45) is 2.90. The molecule has 1 N–H and O–H groups in total. The largest absolute Gasteiger partial charge is 0.480 e. The van der Waals surface area contributed by atoms with Crippen molar-refractivity contribution in [2.24, 2.45) is 0 Å². The van der Waals surface area contributed by atoms with E-state index in [4.69, 9.17) is 4.42 Å². The maximum absolute atomic E-state index is 12.4. The lowest BCUT2D eigenvalue weighted by atomic mass is 10.0. The minimum absolute atomic E-state index is 0.0357. The van der Waals surface area contributed by atoms with Gasteiger partial charge in [-0.1, -0.05) is 0 Å². The van der Waals surface area contributed by atoms with Crippen molar-refractivity contribution in [1.29, 1.82) is 0 Å². The number of aliphatic carboxylic acids is 1. The molecule has 1 aromatic heterocycles. The number of amides is 1. The van der Waals surface area contributed by atoms with E-state index in [0.717, 1.165) is 29.5 Å². The Morgan fingerprint density at radius 3 is 2.64 bits per heavy atom. The summed E-state index contributed by atoms with van der Waals surface area (Å²) >= 11 is 0. The Labute approximate surface area is 128 Å². The first-order valence-electron chi connectivity index (χ1n) is 6.80. The van der Waals surface area contributed by atoms with Crippen LogP contribution in [0.15, 0.2) is 21.8 Å². The molecule has 0 saturated carbocycles. The summed E-state index contributed by atoms with van der Waals surface area (Å²) in [7, 11) is -1.07. The van der Waals surface area contributed by atoms with Crippen molar-refractivity contribution in [3.05, 3.63) is 17.9 Å². The molecule has 2 heterocycles. The van der Waals surface area contributed by atoms with Crippen LogP contribution in [0, 0.1) is 0 Å². The molecular formula is C13H18N2O6S. The van der Waals surface area contributed by atoms with E-state index in [1.807, 2.05) is 0 Å². The normalized spacial score (nSPS) is 19.4. The number of likely N-dealkylation sites (tertiary alicyclic amines) is 1. The maximum atomic E-state index is 12.4. The molecule has 122 valence electrons. The van der Waals surface area contributed by atoms with E-state index in [1.165, 1.54) is 19.0 Å². The summed E-state index contributed by atoms with van der Waals surface area (Å²) in [5.41, 5.74) is 0.0357. The van der Waals surface area contributed by atoms with Crippen LogP contribution >= 0.6 is 0 Å². The first-order chi connectivity index (χ1) is 10.2. The van der Waals surface area contributed by atoms with Gasteiger partial charge in [0.05, 0.1) is 5.56 Å². The molecule has 0 aliphatic carbocycles. The van der Waals surface area contributed by atoms with Crippen LogP contribution < -0.4 is 0 Å². The third-order valence-electron chi connectivity index (χ3n) is 3.61. The van der Waals surface area contributed by atoms with Gasteiger partial charge in [-0.05, 0) is 19.3 Å². The number of furan rings is 1. The number of carbonyl (C=O) groups excluding carboxylic acids is 1. The highest BCUT2D eigenvalue weighted by atomic mass is 32.2. The molecule has 0 aromatic carbocycles. The van der Waals surface area contributed by atoms with Crippen LogP contribution in [0.5, 0.6) is 0 Å². The molecule has 0 bridgehead atoms. The number of carboxylic acid groups (broad SMARTS) is 1. The first kappa shape index (κ1) is 16.5. The molecule has 22 heavy (non-hydrogen) atoms. The molecule has 1 saturated heterocycles. The highest BCUT2D eigenvalue weighted by Crippen LogP contribution is 2.23. The van der Waals surface area contributed by atoms with Crippen LogP contribution in [0.25, 0.3) is 0 Å². The van der Waals surface area contributed by atoms with Crippen molar-refractivity contribution in [2.75, 3.05) is 20.6 Å². The zero-order valence-corrected chi connectivity index (χ0v) is 13.2. The van der Waals surface area contributed by atoms with E-state index in [-0.39, 0.29) is 10.7 Å². The van der Waals surface area contributed by atoms with Gasteiger partial charge in [0.15, 0.2) is 0 Å². The smallest absolute Gasteiger partial charge is 0.326 e. The number of nitrogens with zero attached hydrogens (tertiary/aromatic N) is 2. The summed E-state index contributed by atoms with van der Waals surface area (Å²) in [6.45, 7) is 0.330. The van der Waals surface area contributed by atoms with Crippen LogP contribution in [0.4, 0.5) is 0 Å². The molecule has 0 radical (unpaired) electrons.